The van der Waals surface area contributed by atoms with Crippen LogP contribution in [-0.4, -0.2) is 30.8 Å². The van der Waals surface area contributed by atoms with E-state index >= 15 is 0 Å². The van der Waals surface area contributed by atoms with E-state index in [-0.39, 0.29) is 30.2 Å². The third-order valence-corrected chi connectivity index (χ3v) is 5.57. The molecule has 0 radical (unpaired) electrons. The first-order valence-electron chi connectivity index (χ1n) is 10.2. The summed E-state index contributed by atoms with van der Waals surface area (Å²) in [6.45, 7) is 1.73. The second-order valence-corrected chi connectivity index (χ2v) is 7.67. The zero-order chi connectivity index (χ0) is 23.3. The molecule has 0 aliphatic carbocycles. The standard InChI is InChI=1S/C25H24ClFN2O3/c1-4-24(31)29(2)22-11-8-18(15-21(22)27)17-7-10-19(20(26)14-17)23(30)12-9-16-6-5-13-28-25(16)32-3/h5-8,10-11,13-15H,4,9,12H2,1-3H3. The summed E-state index contributed by atoms with van der Waals surface area (Å²) < 4.78 is 19.8. The highest BCUT2D eigenvalue weighted by Gasteiger charge is 2.16. The molecule has 0 fully saturated rings. The maximum absolute atomic E-state index is 14.6. The van der Waals surface area contributed by atoms with Gasteiger partial charge in [0, 0.05) is 37.2 Å². The van der Waals surface area contributed by atoms with E-state index in [0.717, 1.165) is 5.56 Å². The van der Waals surface area contributed by atoms with E-state index in [4.69, 9.17) is 16.3 Å². The molecule has 1 heterocycles. The Morgan fingerprint density at radius 1 is 1.12 bits per heavy atom. The zero-order valence-corrected chi connectivity index (χ0v) is 18.9. The highest BCUT2D eigenvalue weighted by molar-refractivity contribution is 6.34. The van der Waals surface area contributed by atoms with Crippen LogP contribution >= 0.6 is 11.6 Å². The topological polar surface area (TPSA) is 59.5 Å². The Labute approximate surface area is 191 Å². The van der Waals surface area contributed by atoms with Crippen LogP contribution in [0.2, 0.25) is 5.02 Å². The molecule has 7 heteroatoms. The van der Waals surface area contributed by atoms with Crippen molar-refractivity contribution < 1.29 is 18.7 Å². The Morgan fingerprint density at radius 3 is 2.50 bits per heavy atom. The monoisotopic (exact) mass is 454 g/mol. The summed E-state index contributed by atoms with van der Waals surface area (Å²) in [4.78, 5) is 30.0. The fraction of sp³-hybridized carbons (Fsp3) is 0.240. The molecule has 32 heavy (non-hydrogen) atoms. The molecule has 2 aromatic carbocycles. The van der Waals surface area contributed by atoms with Crippen LogP contribution in [0, 0.1) is 5.82 Å². The van der Waals surface area contributed by atoms with Gasteiger partial charge in [-0.05, 0) is 47.9 Å². The van der Waals surface area contributed by atoms with Crippen LogP contribution in [0.3, 0.4) is 0 Å². The number of Topliss-reactive ketones (excluding diaryl/α,β-unsaturated/α-hetero) is 1. The Hall–Kier alpha value is -3.25. The van der Waals surface area contributed by atoms with Gasteiger partial charge in [0.15, 0.2) is 5.78 Å². The highest BCUT2D eigenvalue weighted by atomic mass is 35.5. The zero-order valence-electron chi connectivity index (χ0n) is 18.2. The summed E-state index contributed by atoms with van der Waals surface area (Å²) in [6.07, 6.45) is 2.65. The molecule has 0 spiro atoms. The second kappa shape index (κ2) is 10.4. The van der Waals surface area contributed by atoms with Crippen LogP contribution in [0.4, 0.5) is 10.1 Å². The van der Waals surface area contributed by atoms with Crippen LogP contribution in [0.15, 0.2) is 54.7 Å². The number of benzene rings is 2. The van der Waals surface area contributed by atoms with Crippen molar-refractivity contribution in [3.8, 4) is 17.0 Å². The Bertz CT molecular complexity index is 1150. The minimum Gasteiger partial charge on any atom is -0.481 e. The fourth-order valence-electron chi connectivity index (χ4n) is 3.43. The number of anilines is 1. The highest BCUT2D eigenvalue weighted by Crippen LogP contribution is 2.30. The number of aryl methyl sites for hydroxylation is 1. The molecule has 0 aliphatic heterocycles. The lowest BCUT2D eigenvalue weighted by Gasteiger charge is -2.18. The van der Waals surface area contributed by atoms with Gasteiger partial charge in [0.1, 0.15) is 5.82 Å². The molecule has 0 bridgehead atoms. The number of pyridine rings is 1. The van der Waals surface area contributed by atoms with Gasteiger partial charge in [0.2, 0.25) is 11.8 Å². The van der Waals surface area contributed by atoms with Gasteiger partial charge >= 0.3 is 0 Å². The third kappa shape index (κ3) is 5.14. The lowest BCUT2D eigenvalue weighted by molar-refractivity contribution is -0.118. The number of carbonyl (C=O) groups is 2. The van der Waals surface area contributed by atoms with Gasteiger partial charge in [-0.3, -0.25) is 9.59 Å². The summed E-state index contributed by atoms with van der Waals surface area (Å²) in [7, 11) is 3.08. The molecule has 3 rings (SSSR count). The van der Waals surface area contributed by atoms with E-state index in [1.807, 2.05) is 6.07 Å². The summed E-state index contributed by atoms with van der Waals surface area (Å²) in [5, 5.41) is 0.299. The lowest BCUT2D eigenvalue weighted by atomic mass is 9.99. The van der Waals surface area contributed by atoms with E-state index < -0.39 is 5.82 Å². The minimum absolute atomic E-state index is 0.103. The number of ketones is 1. The lowest BCUT2D eigenvalue weighted by Crippen LogP contribution is -2.25. The third-order valence-electron chi connectivity index (χ3n) is 5.25. The van der Waals surface area contributed by atoms with E-state index in [0.29, 0.717) is 34.0 Å². The Morgan fingerprint density at radius 2 is 1.84 bits per heavy atom. The van der Waals surface area contributed by atoms with Gasteiger partial charge in [-0.25, -0.2) is 9.37 Å². The fourth-order valence-corrected chi connectivity index (χ4v) is 3.72. The minimum atomic E-state index is -0.506. The first-order chi connectivity index (χ1) is 15.3. The normalized spacial score (nSPS) is 10.7. The molecule has 0 saturated carbocycles. The quantitative estimate of drug-likeness (QED) is 0.407. The van der Waals surface area contributed by atoms with Gasteiger partial charge in [-0.2, -0.15) is 0 Å². The summed E-state index contributed by atoms with van der Waals surface area (Å²) in [6, 6.07) is 13.3. The van der Waals surface area contributed by atoms with Crippen molar-refractivity contribution in [2.75, 3.05) is 19.1 Å². The number of amides is 1. The number of methoxy groups -OCH3 is 1. The molecule has 0 N–H and O–H groups in total. The SMILES string of the molecule is CCC(=O)N(C)c1ccc(-c2ccc(C(=O)CCc3cccnc3OC)c(Cl)c2)cc1F. The molecule has 5 nitrogen and oxygen atoms in total. The van der Waals surface area contributed by atoms with E-state index in [1.165, 1.54) is 18.1 Å². The van der Waals surface area contributed by atoms with Gasteiger partial charge in [-0.15, -0.1) is 0 Å². The summed E-state index contributed by atoms with van der Waals surface area (Å²) in [5.74, 6) is -0.285. The average molecular weight is 455 g/mol. The number of carbonyl (C=O) groups excluding carboxylic acids is 2. The molecule has 1 aromatic heterocycles. The van der Waals surface area contributed by atoms with Crippen LogP contribution in [0.1, 0.15) is 35.7 Å². The summed E-state index contributed by atoms with van der Waals surface area (Å²) in [5.41, 5.74) is 2.74. The number of aromatic nitrogens is 1. The first-order valence-corrected chi connectivity index (χ1v) is 10.6. The predicted octanol–water partition coefficient (Wildman–Crippen LogP) is 5.74. The molecule has 3 aromatic rings. The number of halogens is 2. The summed E-state index contributed by atoms with van der Waals surface area (Å²) >= 11 is 6.39. The van der Waals surface area contributed by atoms with Crippen LogP contribution in [0.5, 0.6) is 5.88 Å². The number of nitrogens with zero attached hydrogens (tertiary/aromatic N) is 2. The molecule has 0 atom stereocenters. The van der Waals surface area contributed by atoms with Crippen molar-refractivity contribution in [1.29, 1.82) is 0 Å². The maximum Gasteiger partial charge on any atom is 0.226 e. The molecule has 1 amide bonds. The van der Waals surface area contributed by atoms with Crippen molar-refractivity contribution in [1.82, 2.24) is 4.98 Å². The molecular weight excluding hydrogens is 431 g/mol. The number of hydrogen-bond donors (Lipinski definition) is 0. The van der Waals surface area contributed by atoms with E-state index in [9.17, 15) is 14.0 Å². The smallest absolute Gasteiger partial charge is 0.226 e. The molecular formula is C25H24ClFN2O3. The van der Waals surface area contributed by atoms with E-state index in [2.05, 4.69) is 4.98 Å². The van der Waals surface area contributed by atoms with Crippen molar-refractivity contribution >= 4 is 29.0 Å². The van der Waals surface area contributed by atoms with Crippen LogP contribution in [-0.2, 0) is 11.2 Å². The van der Waals surface area contributed by atoms with Crippen molar-refractivity contribution in [2.45, 2.75) is 26.2 Å². The van der Waals surface area contributed by atoms with Crippen LogP contribution in [0.25, 0.3) is 11.1 Å². The Balaban J connectivity index is 1.77. The number of ether oxygens (including phenoxy) is 1. The van der Waals surface area contributed by atoms with E-state index in [1.54, 1.807) is 56.6 Å². The van der Waals surface area contributed by atoms with Gasteiger partial charge in [0.25, 0.3) is 0 Å². The molecule has 0 saturated heterocycles. The van der Waals surface area contributed by atoms with Gasteiger partial charge in [0.05, 0.1) is 17.8 Å². The van der Waals surface area contributed by atoms with Crippen LogP contribution < -0.4 is 9.64 Å². The number of hydrogen-bond acceptors (Lipinski definition) is 4. The largest absolute Gasteiger partial charge is 0.481 e. The second-order valence-electron chi connectivity index (χ2n) is 7.26. The van der Waals surface area contributed by atoms with Gasteiger partial charge < -0.3 is 9.64 Å². The molecule has 0 aliphatic rings. The average Bonchev–Trinajstić information content (AvgIpc) is 2.81. The maximum atomic E-state index is 14.6. The van der Waals surface area contributed by atoms with Crippen molar-refractivity contribution in [2.24, 2.45) is 0 Å². The predicted molar refractivity (Wildman–Crippen MR) is 124 cm³/mol. The van der Waals surface area contributed by atoms with Gasteiger partial charge in [-0.1, -0.05) is 36.7 Å². The molecule has 0 unspecified atom stereocenters. The number of rotatable bonds is 8. The van der Waals surface area contributed by atoms with Crippen molar-refractivity contribution in [3.05, 3.63) is 76.7 Å². The first kappa shape index (κ1) is 23.4. The Kier molecular flexibility index (Phi) is 7.59. The molecule has 166 valence electrons. The van der Waals surface area contributed by atoms with Crippen molar-refractivity contribution in [3.63, 3.8) is 0 Å².